The number of aryl methyl sites for hydroxylation is 2. The van der Waals surface area contributed by atoms with Crippen LogP contribution in [0.5, 0.6) is 5.75 Å². The van der Waals surface area contributed by atoms with Crippen molar-refractivity contribution in [1.82, 2.24) is 30.4 Å². The molecule has 11 heteroatoms. The first-order valence-electron chi connectivity index (χ1n) is 23.7. The van der Waals surface area contributed by atoms with Crippen molar-refractivity contribution < 1.29 is 14.3 Å². The molecule has 0 saturated carbocycles. The Hall–Kier alpha value is -5.06. The van der Waals surface area contributed by atoms with Gasteiger partial charge < -0.3 is 15.4 Å². The Bertz CT molecular complexity index is 2640. The molecule has 4 heterocycles. The molecule has 6 aromatic rings. The van der Waals surface area contributed by atoms with E-state index in [1.807, 2.05) is 48.5 Å². The van der Waals surface area contributed by atoms with Gasteiger partial charge in [0.2, 0.25) is 0 Å². The van der Waals surface area contributed by atoms with Crippen molar-refractivity contribution in [2.45, 2.75) is 96.7 Å². The summed E-state index contributed by atoms with van der Waals surface area (Å²) in [5, 5.41) is 9.70. The van der Waals surface area contributed by atoms with E-state index in [0.717, 1.165) is 132 Å². The number of likely N-dealkylation sites (tertiary alicyclic amines) is 2. The lowest BCUT2D eigenvalue weighted by molar-refractivity contribution is 0.0932. The van der Waals surface area contributed by atoms with Crippen LogP contribution in [0.3, 0.4) is 0 Å². The van der Waals surface area contributed by atoms with Gasteiger partial charge in [-0.2, -0.15) is 0 Å². The van der Waals surface area contributed by atoms with Gasteiger partial charge in [0.25, 0.3) is 11.8 Å². The van der Waals surface area contributed by atoms with Gasteiger partial charge in [0.15, 0.2) is 0 Å². The molecule has 338 valence electrons. The van der Waals surface area contributed by atoms with Crippen LogP contribution in [-0.2, 0) is 45.3 Å². The Morgan fingerprint density at radius 3 is 1.62 bits per heavy atom. The minimum absolute atomic E-state index is 0.0294. The van der Waals surface area contributed by atoms with Gasteiger partial charge in [-0.05, 0) is 173 Å². The summed E-state index contributed by atoms with van der Waals surface area (Å²) in [4.78, 5) is 40.3. The molecule has 2 amide bonds. The van der Waals surface area contributed by atoms with Crippen molar-refractivity contribution in [3.63, 3.8) is 0 Å². The number of carbonyl (C=O) groups excluding carboxylic acids is 2. The van der Waals surface area contributed by atoms with Gasteiger partial charge in [0.1, 0.15) is 5.75 Å². The summed E-state index contributed by atoms with van der Waals surface area (Å²) in [6.07, 6.45) is 13.4. The molecule has 2 aliphatic heterocycles. The number of rotatable bonds is 11. The van der Waals surface area contributed by atoms with Crippen molar-refractivity contribution in [3.8, 4) is 5.75 Å². The first-order chi connectivity index (χ1) is 31.8. The van der Waals surface area contributed by atoms with Crippen molar-refractivity contribution in [2.24, 2.45) is 5.92 Å². The number of pyridine rings is 2. The zero-order valence-corrected chi connectivity index (χ0v) is 39.1. The van der Waals surface area contributed by atoms with Gasteiger partial charge in [-0.1, -0.05) is 71.7 Å². The second-order valence-corrected chi connectivity index (χ2v) is 19.1. The monoisotopic (exact) mass is 910 g/mol. The van der Waals surface area contributed by atoms with Crippen LogP contribution in [0.1, 0.15) is 111 Å². The molecule has 0 atom stereocenters. The number of benzene rings is 4. The number of fused-ring (bicyclic) bond motifs is 4. The van der Waals surface area contributed by atoms with Gasteiger partial charge in [-0.15, -0.1) is 0 Å². The quantitative estimate of drug-likeness (QED) is 0.134. The summed E-state index contributed by atoms with van der Waals surface area (Å²) in [5.74, 6) is 1.29. The molecule has 2 N–H and O–H groups in total. The number of carbonyl (C=O) groups is 2. The zero-order chi connectivity index (χ0) is 44.7. The number of nitrogens with zero attached hydrogens (tertiary/aromatic N) is 4. The number of halogens is 2. The number of ether oxygens (including phenoxy) is 1. The Kier molecular flexibility index (Phi) is 14.6. The number of nitrogens with one attached hydrogen (secondary N) is 2. The first kappa shape index (κ1) is 45.1. The maximum atomic E-state index is 12.9. The Morgan fingerprint density at radius 2 is 1.08 bits per heavy atom. The average Bonchev–Trinajstić information content (AvgIpc) is 3.87. The van der Waals surface area contributed by atoms with Crippen molar-refractivity contribution in [2.75, 3.05) is 39.8 Å². The van der Waals surface area contributed by atoms with Crippen LogP contribution in [0.4, 0.5) is 0 Å². The highest BCUT2D eigenvalue weighted by Gasteiger charge is 2.22. The molecule has 65 heavy (non-hydrogen) atoms. The number of hydrogen-bond donors (Lipinski definition) is 2. The smallest absolute Gasteiger partial charge is 0.251 e. The van der Waals surface area contributed by atoms with Gasteiger partial charge >= 0.3 is 0 Å². The lowest BCUT2D eigenvalue weighted by atomic mass is 9.94. The summed E-state index contributed by atoms with van der Waals surface area (Å²) in [6.45, 7) is 7.71. The maximum absolute atomic E-state index is 12.9. The predicted octanol–water partition coefficient (Wildman–Crippen LogP) is 10.7. The number of amides is 2. The van der Waals surface area contributed by atoms with Crippen LogP contribution in [-0.4, -0.2) is 71.4 Å². The number of methoxy groups -OCH3 is 1. The second kappa shape index (κ2) is 21.1. The van der Waals surface area contributed by atoms with Crippen LogP contribution in [0.2, 0.25) is 10.0 Å². The summed E-state index contributed by atoms with van der Waals surface area (Å²) < 4.78 is 5.24. The molecule has 2 aromatic heterocycles. The van der Waals surface area contributed by atoms with E-state index in [1.165, 1.54) is 61.0 Å². The van der Waals surface area contributed by atoms with Crippen LogP contribution in [0, 0.1) is 5.92 Å². The molecule has 4 aromatic carbocycles. The highest BCUT2D eigenvalue weighted by Crippen LogP contribution is 2.35. The minimum atomic E-state index is -0.0845. The third kappa shape index (κ3) is 11.0. The number of aromatic nitrogens is 2. The van der Waals surface area contributed by atoms with Crippen LogP contribution >= 0.6 is 23.2 Å². The molecule has 4 aliphatic rings. The van der Waals surface area contributed by atoms with Crippen molar-refractivity contribution in [1.29, 1.82) is 0 Å². The molecule has 2 saturated heterocycles. The molecule has 10 rings (SSSR count). The molecule has 2 aliphatic carbocycles. The third-order valence-corrected chi connectivity index (χ3v) is 14.7. The van der Waals surface area contributed by atoms with Crippen LogP contribution < -0.4 is 15.4 Å². The van der Waals surface area contributed by atoms with Crippen LogP contribution in [0.15, 0.2) is 84.9 Å². The predicted molar refractivity (Wildman–Crippen MR) is 262 cm³/mol. The Balaban J connectivity index is 0.000000165. The fourth-order valence-corrected chi connectivity index (χ4v) is 10.7. The summed E-state index contributed by atoms with van der Waals surface area (Å²) in [6, 6.07) is 28.2. The molecular weight excluding hydrogens is 852 g/mol. The normalized spacial score (nSPS) is 16.7. The van der Waals surface area contributed by atoms with Gasteiger partial charge in [0, 0.05) is 59.5 Å². The van der Waals surface area contributed by atoms with Crippen molar-refractivity contribution in [3.05, 3.63) is 145 Å². The SMILES string of the molecule is COc1ccc(CN2CCC(CNC(=O)c3ccc4c(Cl)c5c(nc4c3)CCCC5)CC2)cc1.O=C(NCc1ccc(CN2CCCC2)cc1)c1ccc2c(Cl)c3c(nc2c1)CCCC3. The van der Waals surface area contributed by atoms with E-state index >= 15 is 0 Å². The van der Waals surface area contributed by atoms with Crippen molar-refractivity contribution >= 4 is 56.8 Å². The van der Waals surface area contributed by atoms with E-state index in [4.69, 9.17) is 37.9 Å². The first-order valence-corrected chi connectivity index (χ1v) is 24.5. The lowest BCUT2D eigenvalue weighted by Gasteiger charge is -2.32. The number of hydrogen-bond acceptors (Lipinski definition) is 7. The summed E-state index contributed by atoms with van der Waals surface area (Å²) in [5.41, 5.74) is 11.2. The molecule has 9 nitrogen and oxygen atoms in total. The van der Waals surface area contributed by atoms with Gasteiger partial charge in [0.05, 0.1) is 28.2 Å². The Labute approximate surface area is 393 Å². The molecule has 0 bridgehead atoms. The average molecular weight is 912 g/mol. The van der Waals surface area contributed by atoms with E-state index in [2.05, 4.69) is 56.8 Å². The second-order valence-electron chi connectivity index (χ2n) is 18.3. The maximum Gasteiger partial charge on any atom is 0.251 e. The van der Waals surface area contributed by atoms with E-state index in [1.54, 1.807) is 7.11 Å². The third-order valence-electron chi connectivity index (χ3n) is 13.8. The fourth-order valence-electron chi connectivity index (χ4n) is 9.94. The highest BCUT2D eigenvalue weighted by molar-refractivity contribution is 6.36. The standard InChI is InChI=1S/C28H32ClN3O2.C26H28ClN3O/c1-34-22-9-6-20(7-10-22)18-32-14-12-19(13-15-32)17-30-28(33)21-8-11-24-26(16-21)31-25-5-3-2-4-23(25)27(24)29;27-25-21-5-1-2-6-23(21)29-24-15-20(11-12-22(24)25)26(31)28-16-18-7-9-19(10-8-18)17-30-13-3-4-14-30/h6-11,16,19H,2-5,12-15,17-18H2,1H3,(H,30,33);7-12,15H,1-6,13-14,16-17H2,(H,28,31). The lowest BCUT2D eigenvalue weighted by Crippen LogP contribution is -2.38. The summed E-state index contributed by atoms with van der Waals surface area (Å²) in [7, 11) is 1.69. The number of piperidine rings is 1. The van der Waals surface area contributed by atoms with Gasteiger partial charge in [-0.3, -0.25) is 29.4 Å². The van der Waals surface area contributed by atoms with E-state index in [0.29, 0.717) is 30.1 Å². The van der Waals surface area contributed by atoms with E-state index < -0.39 is 0 Å². The molecule has 0 unspecified atom stereocenters. The molecular formula is C54H60Cl2N6O3. The van der Waals surface area contributed by atoms with E-state index in [9.17, 15) is 9.59 Å². The zero-order valence-electron chi connectivity index (χ0n) is 37.6. The van der Waals surface area contributed by atoms with Crippen LogP contribution in [0.25, 0.3) is 21.8 Å². The molecule has 2 fully saturated rings. The topological polar surface area (TPSA) is 99.7 Å². The van der Waals surface area contributed by atoms with Gasteiger partial charge in [-0.25, -0.2) is 0 Å². The largest absolute Gasteiger partial charge is 0.497 e. The highest BCUT2D eigenvalue weighted by atomic mass is 35.5. The summed E-state index contributed by atoms with van der Waals surface area (Å²) >= 11 is 13.3. The van der Waals surface area contributed by atoms with E-state index in [-0.39, 0.29) is 11.8 Å². The molecule has 0 spiro atoms. The molecule has 0 radical (unpaired) electrons. The minimum Gasteiger partial charge on any atom is -0.497 e. The fraction of sp³-hybridized carbons (Fsp3) is 0.407. The Morgan fingerprint density at radius 1 is 0.600 bits per heavy atom.